The van der Waals surface area contributed by atoms with Gasteiger partial charge < -0.3 is 14.6 Å². The first kappa shape index (κ1) is 13.1. The molecule has 100 valence electrons. The topological polar surface area (TPSA) is 56.1 Å². The number of para-hydroxylation sites is 1. The molecule has 19 heavy (non-hydrogen) atoms. The highest BCUT2D eigenvalue weighted by Gasteiger charge is 2.05. The minimum absolute atomic E-state index is 0.111. The minimum Gasteiger partial charge on any atom is -0.496 e. The fraction of sp³-hybridized carbons (Fsp3) is 0.286. The highest BCUT2D eigenvalue weighted by Crippen LogP contribution is 2.17. The number of anilines is 1. The van der Waals surface area contributed by atoms with Crippen LogP contribution in [0.15, 0.2) is 41.5 Å². The fourth-order valence-corrected chi connectivity index (χ4v) is 1.85. The van der Waals surface area contributed by atoms with Crippen molar-refractivity contribution in [1.29, 1.82) is 0 Å². The summed E-state index contributed by atoms with van der Waals surface area (Å²) in [5, 5.41) is 3.05. The largest absolute Gasteiger partial charge is 0.496 e. The summed E-state index contributed by atoms with van der Waals surface area (Å²) >= 11 is 0. The number of methoxy groups -OCH3 is 1. The van der Waals surface area contributed by atoms with E-state index in [9.17, 15) is 4.79 Å². The van der Waals surface area contributed by atoms with Crippen LogP contribution >= 0.6 is 0 Å². The molecule has 5 heteroatoms. The number of ether oxygens (including phenoxy) is 1. The van der Waals surface area contributed by atoms with Crippen LogP contribution in [0.2, 0.25) is 0 Å². The van der Waals surface area contributed by atoms with E-state index in [1.807, 2.05) is 31.2 Å². The van der Waals surface area contributed by atoms with Gasteiger partial charge in [0.25, 0.3) is 5.56 Å². The summed E-state index contributed by atoms with van der Waals surface area (Å²) < 4.78 is 6.87. The summed E-state index contributed by atoms with van der Waals surface area (Å²) in [5.74, 6) is 1.15. The Morgan fingerprint density at radius 3 is 2.89 bits per heavy atom. The maximum atomic E-state index is 12.0. The summed E-state index contributed by atoms with van der Waals surface area (Å²) in [4.78, 5) is 16.1. The van der Waals surface area contributed by atoms with Crippen molar-refractivity contribution >= 4 is 5.82 Å². The summed E-state index contributed by atoms with van der Waals surface area (Å²) in [6, 6.07) is 7.68. The van der Waals surface area contributed by atoms with Crippen molar-refractivity contribution in [3.8, 4) is 5.75 Å². The molecule has 0 saturated carbocycles. The van der Waals surface area contributed by atoms with Gasteiger partial charge in [-0.05, 0) is 13.0 Å². The van der Waals surface area contributed by atoms with Gasteiger partial charge in [0.05, 0.1) is 7.11 Å². The summed E-state index contributed by atoms with van der Waals surface area (Å²) in [7, 11) is 1.63. The molecule has 0 aliphatic rings. The monoisotopic (exact) mass is 259 g/mol. The van der Waals surface area contributed by atoms with Crippen molar-refractivity contribution < 1.29 is 4.74 Å². The molecule has 2 rings (SSSR count). The number of nitrogens with zero attached hydrogens (tertiary/aromatic N) is 2. The molecule has 2 aromatic rings. The van der Waals surface area contributed by atoms with Gasteiger partial charge in [0.15, 0.2) is 5.82 Å². The second-order valence-electron chi connectivity index (χ2n) is 4.03. The molecule has 0 unspecified atom stereocenters. The molecule has 1 N–H and O–H groups in total. The first-order chi connectivity index (χ1) is 9.26. The lowest BCUT2D eigenvalue weighted by atomic mass is 10.2. The molecule has 1 heterocycles. The van der Waals surface area contributed by atoms with Crippen LogP contribution in [-0.2, 0) is 13.1 Å². The van der Waals surface area contributed by atoms with Crippen molar-refractivity contribution in [2.75, 3.05) is 12.4 Å². The third-order valence-corrected chi connectivity index (χ3v) is 2.89. The van der Waals surface area contributed by atoms with E-state index in [0.717, 1.165) is 11.3 Å². The number of aryl methyl sites for hydroxylation is 1. The van der Waals surface area contributed by atoms with Crippen LogP contribution in [0.25, 0.3) is 0 Å². The molecule has 0 saturated heterocycles. The molecule has 0 amide bonds. The predicted molar refractivity (Wildman–Crippen MR) is 74.5 cm³/mol. The van der Waals surface area contributed by atoms with E-state index in [1.165, 1.54) is 0 Å². The molecule has 0 atom stereocenters. The minimum atomic E-state index is -0.111. The summed E-state index contributed by atoms with van der Waals surface area (Å²) in [5.41, 5.74) is 0.873. The van der Waals surface area contributed by atoms with Crippen molar-refractivity contribution in [2.45, 2.75) is 20.0 Å². The molecule has 0 fully saturated rings. The third-order valence-electron chi connectivity index (χ3n) is 2.89. The van der Waals surface area contributed by atoms with Gasteiger partial charge >= 0.3 is 0 Å². The second-order valence-corrected chi connectivity index (χ2v) is 4.03. The molecule has 0 bridgehead atoms. The molecular formula is C14H17N3O2. The Morgan fingerprint density at radius 2 is 2.16 bits per heavy atom. The lowest BCUT2D eigenvalue weighted by molar-refractivity contribution is 0.410. The smallest absolute Gasteiger partial charge is 0.293 e. The molecule has 0 aliphatic heterocycles. The number of hydrogen-bond donors (Lipinski definition) is 1. The van der Waals surface area contributed by atoms with Gasteiger partial charge in [-0.2, -0.15) is 0 Å². The SMILES string of the molecule is CCn1ccnc(NCc2ccccc2OC)c1=O. The van der Waals surface area contributed by atoms with Crippen molar-refractivity contribution in [2.24, 2.45) is 0 Å². The van der Waals surface area contributed by atoms with Crippen molar-refractivity contribution in [3.63, 3.8) is 0 Å². The highest BCUT2D eigenvalue weighted by atomic mass is 16.5. The first-order valence-corrected chi connectivity index (χ1v) is 6.17. The van der Waals surface area contributed by atoms with Gasteiger partial charge in [-0.15, -0.1) is 0 Å². The van der Waals surface area contributed by atoms with Crippen LogP contribution in [0, 0.1) is 0 Å². The van der Waals surface area contributed by atoms with Crippen molar-refractivity contribution in [3.05, 3.63) is 52.6 Å². The van der Waals surface area contributed by atoms with E-state index in [4.69, 9.17) is 4.74 Å². The number of benzene rings is 1. The Morgan fingerprint density at radius 1 is 1.37 bits per heavy atom. The van der Waals surface area contributed by atoms with Gasteiger partial charge in [-0.1, -0.05) is 18.2 Å². The van der Waals surface area contributed by atoms with Crippen LogP contribution in [0.5, 0.6) is 5.75 Å². The molecule has 1 aromatic heterocycles. The van der Waals surface area contributed by atoms with E-state index < -0.39 is 0 Å². The number of nitrogens with one attached hydrogen (secondary N) is 1. The van der Waals surface area contributed by atoms with E-state index in [-0.39, 0.29) is 5.56 Å². The molecule has 0 radical (unpaired) electrons. The highest BCUT2D eigenvalue weighted by molar-refractivity contribution is 5.38. The summed E-state index contributed by atoms with van der Waals surface area (Å²) in [6.45, 7) is 3.05. The van der Waals surface area contributed by atoms with Gasteiger partial charge in [0.1, 0.15) is 5.75 Å². The normalized spacial score (nSPS) is 10.2. The Balaban J connectivity index is 2.17. The lowest BCUT2D eigenvalue weighted by Gasteiger charge is -2.10. The van der Waals surface area contributed by atoms with Gasteiger partial charge in [0.2, 0.25) is 0 Å². The van der Waals surface area contributed by atoms with E-state index in [1.54, 1.807) is 24.1 Å². The lowest BCUT2D eigenvalue weighted by Crippen LogP contribution is -2.23. The van der Waals surface area contributed by atoms with Crippen LogP contribution in [-0.4, -0.2) is 16.7 Å². The molecule has 5 nitrogen and oxygen atoms in total. The fourth-order valence-electron chi connectivity index (χ4n) is 1.85. The predicted octanol–water partition coefficient (Wildman–Crippen LogP) is 1.88. The standard InChI is InChI=1S/C14H17N3O2/c1-3-17-9-8-15-13(14(17)18)16-10-11-6-4-5-7-12(11)19-2/h4-9H,3,10H2,1-2H3,(H,15,16). The average Bonchev–Trinajstić information content (AvgIpc) is 2.46. The number of aromatic nitrogens is 2. The van der Waals surface area contributed by atoms with Gasteiger partial charge in [-0.3, -0.25) is 4.79 Å². The number of rotatable bonds is 5. The quantitative estimate of drug-likeness (QED) is 0.890. The van der Waals surface area contributed by atoms with E-state index in [0.29, 0.717) is 18.9 Å². The zero-order chi connectivity index (χ0) is 13.7. The first-order valence-electron chi connectivity index (χ1n) is 6.17. The third kappa shape index (κ3) is 2.93. The number of hydrogen-bond acceptors (Lipinski definition) is 4. The zero-order valence-electron chi connectivity index (χ0n) is 11.1. The summed E-state index contributed by atoms with van der Waals surface area (Å²) in [6.07, 6.45) is 3.30. The average molecular weight is 259 g/mol. The maximum Gasteiger partial charge on any atom is 0.293 e. The molecular weight excluding hydrogens is 242 g/mol. The van der Waals surface area contributed by atoms with Gasteiger partial charge in [0, 0.05) is 31.0 Å². The van der Waals surface area contributed by atoms with Crippen LogP contribution in [0.4, 0.5) is 5.82 Å². The Labute approximate surface area is 111 Å². The van der Waals surface area contributed by atoms with Crippen LogP contribution in [0.3, 0.4) is 0 Å². The van der Waals surface area contributed by atoms with E-state index in [2.05, 4.69) is 10.3 Å². The van der Waals surface area contributed by atoms with Crippen molar-refractivity contribution in [1.82, 2.24) is 9.55 Å². The second kappa shape index (κ2) is 6.04. The molecule has 0 aliphatic carbocycles. The Hall–Kier alpha value is -2.30. The molecule has 0 spiro atoms. The Bertz CT molecular complexity index is 608. The van der Waals surface area contributed by atoms with E-state index >= 15 is 0 Å². The van der Waals surface area contributed by atoms with Crippen LogP contribution in [0.1, 0.15) is 12.5 Å². The maximum absolute atomic E-state index is 12.0. The van der Waals surface area contributed by atoms with Crippen LogP contribution < -0.4 is 15.6 Å². The zero-order valence-corrected chi connectivity index (χ0v) is 11.1. The Kier molecular flexibility index (Phi) is 4.18. The van der Waals surface area contributed by atoms with Gasteiger partial charge in [-0.25, -0.2) is 4.98 Å². The molecule has 1 aromatic carbocycles.